The standard InChI is InChI=1S/C34H38N4O7S/c1-22-19-38(23(2)21-39)33(40)29-18-25(35-34(41)36-30-11-7-9-24-8-5-6-10-28(24)30)12-17-31(29)45-32(22)20-37(3)46(42,43)27-15-13-26(44-4)14-16-27/h5-18,22-23,32,39H,19-21H2,1-4H3,(H2,35,36,41)/t22-,23+,32-/m1/s1. The van der Waals surface area contributed by atoms with Gasteiger partial charge in [-0.1, -0.05) is 43.3 Å². The van der Waals surface area contributed by atoms with Gasteiger partial charge in [0, 0.05) is 30.6 Å². The second kappa shape index (κ2) is 13.8. The van der Waals surface area contributed by atoms with E-state index in [1.807, 2.05) is 43.3 Å². The number of carbonyl (C=O) groups excluding carboxylic acids is 2. The monoisotopic (exact) mass is 646 g/mol. The van der Waals surface area contributed by atoms with Crippen molar-refractivity contribution in [3.05, 3.63) is 90.5 Å². The van der Waals surface area contributed by atoms with Crippen LogP contribution >= 0.6 is 0 Å². The highest BCUT2D eigenvalue weighted by molar-refractivity contribution is 7.89. The first-order chi connectivity index (χ1) is 22.0. The molecule has 0 spiro atoms. The van der Waals surface area contributed by atoms with Crippen LogP contribution in [0.2, 0.25) is 0 Å². The van der Waals surface area contributed by atoms with Gasteiger partial charge in [0.2, 0.25) is 10.0 Å². The number of aliphatic hydroxyl groups is 1. The smallest absolute Gasteiger partial charge is 0.323 e. The Balaban J connectivity index is 1.40. The van der Waals surface area contributed by atoms with Gasteiger partial charge in [0.15, 0.2) is 0 Å². The summed E-state index contributed by atoms with van der Waals surface area (Å²) in [7, 11) is -0.879. The molecule has 11 nitrogen and oxygen atoms in total. The minimum absolute atomic E-state index is 0.00204. The molecule has 4 aromatic carbocycles. The molecule has 1 heterocycles. The number of nitrogens with zero attached hydrogens (tertiary/aromatic N) is 2. The molecule has 3 amide bonds. The highest BCUT2D eigenvalue weighted by Crippen LogP contribution is 2.32. The van der Waals surface area contributed by atoms with E-state index in [2.05, 4.69) is 10.6 Å². The van der Waals surface area contributed by atoms with Crippen LogP contribution < -0.4 is 20.1 Å². The van der Waals surface area contributed by atoms with Crippen LogP contribution in [0.25, 0.3) is 10.8 Å². The molecule has 0 saturated carbocycles. The summed E-state index contributed by atoms with van der Waals surface area (Å²) in [6.45, 7) is 3.55. The van der Waals surface area contributed by atoms with E-state index in [0.29, 0.717) is 17.1 Å². The number of urea groups is 1. The van der Waals surface area contributed by atoms with E-state index in [4.69, 9.17) is 9.47 Å². The third kappa shape index (κ3) is 6.94. The number of nitrogens with one attached hydrogen (secondary N) is 2. The number of carbonyl (C=O) groups is 2. The fourth-order valence-corrected chi connectivity index (χ4v) is 6.60. The number of likely N-dealkylation sites (N-methyl/N-ethyl adjacent to an activating group) is 1. The average molecular weight is 647 g/mol. The highest BCUT2D eigenvalue weighted by Gasteiger charge is 2.35. The van der Waals surface area contributed by atoms with Gasteiger partial charge in [-0.25, -0.2) is 13.2 Å². The zero-order valence-corrected chi connectivity index (χ0v) is 27.0. The first kappa shape index (κ1) is 32.7. The van der Waals surface area contributed by atoms with Crippen LogP contribution in [0.5, 0.6) is 11.5 Å². The Morgan fingerprint density at radius 3 is 2.50 bits per heavy atom. The van der Waals surface area contributed by atoms with Crippen LogP contribution in [0.1, 0.15) is 24.2 Å². The van der Waals surface area contributed by atoms with Gasteiger partial charge in [0.05, 0.1) is 42.4 Å². The number of sulfonamides is 1. The van der Waals surface area contributed by atoms with E-state index in [9.17, 15) is 23.1 Å². The Kier molecular flexibility index (Phi) is 9.80. The van der Waals surface area contributed by atoms with E-state index in [0.717, 1.165) is 10.8 Å². The molecule has 46 heavy (non-hydrogen) atoms. The Morgan fingerprint density at radius 2 is 1.78 bits per heavy atom. The molecule has 0 unspecified atom stereocenters. The third-order valence-electron chi connectivity index (χ3n) is 8.17. The molecule has 1 aliphatic rings. The van der Waals surface area contributed by atoms with E-state index in [1.165, 1.54) is 36.7 Å². The SMILES string of the molecule is COc1ccc(S(=O)(=O)N(C)C[C@H]2Oc3ccc(NC(=O)Nc4cccc5ccccc45)cc3C(=O)N([C@@H](C)CO)C[C@H]2C)cc1. The van der Waals surface area contributed by atoms with Crippen LogP contribution in [-0.4, -0.2) is 80.7 Å². The maximum Gasteiger partial charge on any atom is 0.323 e. The van der Waals surface area contributed by atoms with Crippen molar-refractivity contribution in [2.45, 2.75) is 30.9 Å². The molecule has 1 aliphatic heterocycles. The molecule has 0 saturated heterocycles. The maximum absolute atomic E-state index is 13.8. The molecule has 0 bridgehead atoms. The number of aliphatic hydroxyl groups excluding tert-OH is 1. The zero-order chi connectivity index (χ0) is 33.0. The second-order valence-electron chi connectivity index (χ2n) is 11.4. The summed E-state index contributed by atoms with van der Waals surface area (Å²) in [6.07, 6.45) is -0.647. The predicted octanol–water partition coefficient (Wildman–Crippen LogP) is 5.03. The van der Waals surface area contributed by atoms with Crippen molar-refractivity contribution in [3.8, 4) is 11.5 Å². The summed E-state index contributed by atoms with van der Waals surface area (Å²) in [6, 6.07) is 23.2. The number of methoxy groups -OCH3 is 1. The lowest BCUT2D eigenvalue weighted by molar-refractivity contribution is 0.0387. The fraction of sp³-hybridized carbons (Fsp3) is 0.294. The molecule has 0 radical (unpaired) electrons. The minimum atomic E-state index is -3.87. The van der Waals surface area contributed by atoms with Gasteiger partial charge in [-0.3, -0.25) is 4.79 Å². The van der Waals surface area contributed by atoms with E-state index < -0.39 is 28.2 Å². The van der Waals surface area contributed by atoms with Gasteiger partial charge in [-0.05, 0) is 60.8 Å². The van der Waals surface area contributed by atoms with Gasteiger partial charge >= 0.3 is 6.03 Å². The lowest BCUT2D eigenvalue weighted by Gasteiger charge is -2.38. The molecule has 3 N–H and O–H groups in total. The van der Waals surface area contributed by atoms with Gasteiger partial charge in [0.25, 0.3) is 5.91 Å². The first-order valence-corrected chi connectivity index (χ1v) is 16.3. The van der Waals surface area contributed by atoms with Gasteiger partial charge in [-0.15, -0.1) is 0 Å². The van der Waals surface area contributed by atoms with Crippen molar-refractivity contribution in [2.75, 3.05) is 44.5 Å². The van der Waals surface area contributed by atoms with Crippen LogP contribution in [0.3, 0.4) is 0 Å². The van der Waals surface area contributed by atoms with Gasteiger partial charge < -0.3 is 30.1 Å². The average Bonchev–Trinajstić information content (AvgIpc) is 3.06. The molecular formula is C34H38N4O7S. The number of hydrogen-bond donors (Lipinski definition) is 3. The molecule has 0 fully saturated rings. The topological polar surface area (TPSA) is 138 Å². The number of hydrogen-bond acceptors (Lipinski definition) is 7. The largest absolute Gasteiger partial charge is 0.497 e. The molecule has 5 rings (SSSR count). The number of amides is 3. The zero-order valence-electron chi connectivity index (χ0n) is 26.1. The van der Waals surface area contributed by atoms with Crippen molar-refractivity contribution in [3.63, 3.8) is 0 Å². The number of benzene rings is 4. The maximum atomic E-state index is 13.8. The number of fused-ring (bicyclic) bond motifs is 2. The summed E-state index contributed by atoms with van der Waals surface area (Å²) in [4.78, 5) is 28.5. The summed E-state index contributed by atoms with van der Waals surface area (Å²) in [5.41, 5.74) is 1.17. The fourth-order valence-electron chi connectivity index (χ4n) is 5.42. The lowest BCUT2D eigenvalue weighted by atomic mass is 9.99. The molecule has 0 aromatic heterocycles. The van der Waals surface area contributed by atoms with Crippen LogP contribution in [-0.2, 0) is 10.0 Å². The quantitative estimate of drug-likeness (QED) is 0.232. The van der Waals surface area contributed by atoms with Crippen molar-refractivity contribution >= 4 is 44.1 Å². The first-order valence-electron chi connectivity index (χ1n) is 14.9. The third-order valence-corrected chi connectivity index (χ3v) is 10.0. The summed E-state index contributed by atoms with van der Waals surface area (Å²) in [5.74, 6) is 0.104. The van der Waals surface area contributed by atoms with Gasteiger partial charge in [0.1, 0.15) is 17.6 Å². The Bertz CT molecular complexity index is 1830. The molecule has 0 aliphatic carbocycles. The van der Waals surface area contributed by atoms with Gasteiger partial charge in [-0.2, -0.15) is 4.31 Å². The van der Waals surface area contributed by atoms with E-state index >= 15 is 0 Å². The Labute approximate surface area is 268 Å². The molecule has 12 heteroatoms. The van der Waals surface area contributed by atoms with Crippen molar-refractivity contribution in [2.24, 2.45) is 5.92 Å². The Hall–Kier alpha value is -4.65. The summed E-state index contributed by atoms with van der Waals surface area (Å²) >= 11 is 0. The van der Waals surface area contributed by atoms with E-state index in [-0.39, 0.29) is 47.7 Å². The van der Waals surface area contributed by atoms with Crippen molar-refractivity contribution < 1.29 is 32.6 Å². The van der Waals surface area contributed by atoms with Crippen LogP contribution in [0.15, 0.2) is 89.8 Å². The summed E-state index contributed by atoms with van der Waals surface area (Å²) in [5, 5.41) is 17.5. The number of ether oxygens (including phenoxy) is 2. The molecule has 3 atom stereocenters. The van der Waals surface area contributed by atoms with Crippen LogP contribution in [0, 0.1) is 5.92 Å². The lowest BCUT2D eigenvalue weighted by Crippen LogP contribution is -2.50. The molecular weight excluding hydrogens is 608 g/mol. The molecule has 4 aromatic rings. The number of rotatable bonds is 9. The summed E-state index contributed by atoms with van der Waals surface area (Å²) < 4.78 is 39.6. The predicted molar refractivity (Wildman–Crippen MR) is 177 cm³/mol. The van der Waals surface area contributed by atoms with E-state index in [1.54, 1.807) is 42.2 Å². The van der Waals surface area contributed by atoms with Crippen molar-refractivity contribution in [1.82, 2.24) is 9.21 Å². The Morgan fingerprint density at radius 1 is 1.07 bits per heavy atom. The molecule has 242 valence electrons. The highest BCUT2D eigenvalue weighted by atomic mass is 32.2. The normalized spacial score (nSPS) is 17.4. The number of anilines is 2. The van der Waals surface area contributed by atoms with Crippen molar-refractivity contribution in [1.29, 1.82) is 0 Å². The van der Waals surface area contributed by atoms with Crippen LogP contribution in [0.4, 0.5) is 16.2 Å². The second-order valence-corrected chi connectivity index (χ2v) is 13.4. The minimum Gasteiger partial charge on any atom is -0.497 e.